The molecule has 0 aromatic heterocycles. The van der Waals surface area contributed by atoms with E-state index in [2.05, 4.69) is 4.74 Å². The molecule has 0 unspecified atom stereocenters. The molecule has 2 fully saturated rings. The number of ether oxygens (including phenoxy) is 1. The number of likely N-dealkylation sites (tertiary alicyclic amines) is 1. The summed E-state index contributed by atoms with van der Waals surface area (Å²) in [7, 11) is 0. The first-order chi connectivity index (χ1) is 10.6. The molecule has 23 heavy (non-hydrogen) atoms. The van der Waals surface area contributed by atoms with Gasteiger partial charge in [0.05, 0.1) is 0 Å². The second-order valence-corrected chi connectivity index (χ2v) is 6.03. The molecule has 1 spiro atoms. The molecule has 2 aliphatic rings. The van der Waals surface area contributed by atoms with Crippen LogP contribution in [-0.4, -0.2) is 36.2 Å². The molecule has 1 aliphatic heterocycles. The van der Waals surface area contributed by atoms with Crippen molar-refractivity contribution in [3.63, 3.8) is 0 Å². The number of carbonyl (C=O) groups is 1. The van der Waals surface area contributed by atoms with Gasteiger partial charge in [-0.3, -0.25) is 4.79 Å². The summed E-state index contributed by atoms with van der Waals surface area (Å²) < 4.78 is 67.0. The van der Waals surface area contributed by atoms with Crippen molar-refractivity contribution in [3.8, 4) is 5.75 Å². The highest BCUT2D eigenvalue weighted by Crippen LogP contribution is 2.65. The number of benzene rings is 1. The molecule has 1 amide bonds. The fraction of sp³-hybridized carbons (Fsp3) is 0.533. The quantitative estimate of drug-likeness (QED) is 0.769. The maximum atomic E-state index is 13.3. The van der Waals surface area contributed by atoms with Crippen LogP contribution in [0.15, 0.2) is 24.3 Å². The van der Waals surface area contributed by atoms with Crippen molar-refractivity contribution in [2.45, 2.75) is 31.5 Å². The molecule has 1 saturated heterocycles. The highest BCUT2D eigenvalue weighted by molar-refractivity contribution is 5.94. The largest absolute Gasteiger partial charge is 0.573 e. The number of carbonyl (C=O) groups excluding carboxylic acids is 1. The van der Waals surface area contributed by atoms with E-state index >= 15 is 0 Å². The molecular formula is C15H14F5NO2. The molecule has 8 heteroatoms. The van der Waals surface area contributed by atoms with Gasteiger partial charge in [0, 0.05) is 30.5 Å². The molecule has 1 heterocycles. The third-order valence-corrected chi connectivity index (χ3v) is 4.53. The number of hydrogen-bond acceptors (Lipinski definition) is 2. The molecule has 1 saturated carbocycles. The van der Waals surface area contributed by atoms with E-state index in [4.69, 9.17) is 0 Å². The number of alkyl halides is 5. The van der Waals surface area contributed by atoms with Gasteiger partial charge < -0.3 is 9.64 Å². The highest BCUT2D eigenvalue weighted by Gasteiger charge is 2.70. The van der Waals surface area contributed by atoms with Crippen molar-refractivity contribution in [2.24, 2.45) is 5.41 Å². The summed E-state index contributed by atoms with van der Waals surface area (Å²) >= 11 is 0. The van der Waals surface area contributed by atoms with Gasteiger partial charge in [0.15, 0.2) is 0 Å². The van der Waals surface area contributed by atoms with Gasteiger partial charge in [-0.25, -0.2) is 8.78 Å². The number of hydrogen-bond donors (Lipinski definition) is 0. The zero-order valence-electron chi connectivity index (χ0n) is 12.0. The van der Waals surface area contributed by atoms with Crippen LogP contribution in [-0.2, 0) is 0 Å². The maximum Gasteiger partial charge on any atom is 0.573 e. The zero-order chi connectivity index (χ0) is 16.9. The monoisotopic (exact) mass is 335 g/mol. The average molecular weight is 335 g/mol. The molecule has 1 aromatic rings. The summed E-state index contributed by atoms with van der Waals surface area (Å²) in [6.45, 7) is 0.359. The number of piperidine rings is 1. The fourth-order valence-corrected chi connectivity index (χ4v) is 3.07. The van der Waals surface area contributed by atoms with Crippen LogP contribution in [0.1, 0.15) is 29.6 Å². The van der Waals surface area contributed by atoms with E-state index < -0.39 is 29.4 Å². The molecular weight excluding hydrogens is 321 g/mol. The predicted octanol–water partition coefficient (Wildman–Crippen LogP) is 3.85. The van der Waals surface area contributed by atoms with Crippen molar-refractivity contribution in [1.82, 2.24) is 4.90 Å². The van der Waals surface area contributed by atoms with E-state index in [0.717, 1.165) is 12.1 Å². The Morgan fingerprint density at radius 2 is 1.78 bits per heavy atom. The lowest BCUT2D eigenvalue weighted by Crippen LogP contribution is -2.40. The summed E-state index contributed by atoms with van der Waals surface area (Å²) in [5.41, 5.74) is -0.935. The van der Waals surface area contributed by atoms with Crippen molar-refractivity contribution < 1.29 is 31.5 Å². The lowest BCUT2D eigenvalue weighted by molar-refractivity contribution is -0.274. The molecule has 0 atom stereocenters. The Balaban J connectivity index is 1.66. The number of amides is 1. The molecule has 126 valence electrons. The van der Waals surface area contributed by atoms with E-state index in [0.29, 0.717) is 0 Å². The van der Waals surface area contributed by atoms with Gasteiger partial charge in [-0.15, -0.1) is 13.2 Å². The Labute approximate surface area is 129 Å². The van der Waals surface area contributed by atoms with Crippen LogP contribution < -0.4 is 4.74 Å². The summed E-state index contributed by atoms with van der Waals surface area (Å²) in [4.78, 5) is 13.7. The number of nitrogens with zero attached hydrogens (tertiary/aromatic N) is 1. The van der Waals surface area contributed by atoms with Crippen LogP contribution in [0.4, 0.5) is 22.0 Å². The van der Waals surface area contributed by atoms with E-state index in [-0.39, 0.29) is 37.9 Å². The number of halogens is 5. The number of rotatable bonds is 2. The Kier molecular flexibility index (Phi) is 3.53. The summed E-state index contributed by atoms with van der Waals surface area (Å²) in [5, 5.41) is 0. The molecule has 0 N–H and O–H groups in total. The van der Waals surface area contributed by atoms with E-state index in [1.54, 1.807) is 0 Å². The van der Waals surface area contributed by atoms with Gasteiger partial charge >= 0.3 is 6.36 Å². The highest BCUT2D eigenvalue weighted by atomic mass is 19.4. The van der Waals surface area contributed by atoms with Gasteiger partial charge in [-0.1, -0.05) is 6.07 Å². The third kappa shape index (κ3) is 3.11. The molecule has 0 radical (unpaired) electrons. The van der Waals surface area contributed by atoms with Crippen molar-refractivity contribution in [2.75, 3.05) is 13.1 Å². The minimum atomic E-state index is -4.84. The van der Waals surface area contributed by atoms with E-state index in [1.165, 1.54) is 17.0 Å². The first kappa shape index (κ1) is 16.0. The zero-order valence-corrected chi connectivity index (χ0v) is 12.0. The van der Waals surface area contributed by atoms with Gasteiger partial charge in [-0.05, 0) is 31.0 Å². The smallest absolute Gasteiger partial charge is 0.406 e. The summed E-state index contributed by atoms with van der Waals surface area (Å²) in [5.74, 6) is -3.61. The molecule has 1 aromatic carbocycles. The van der Waals surface area contributed by atoms with Gasteiger partial charge in [0.25, 0.3) is 11.8 Å². The average Bonchev–Trinajstić information content (AvgIpc) is 2.97. The first-order valence-electron chi connectivity index (χ1n) is 7.15. The Hall–Kier alpha value is -1.86. The molecule has 3 rings (SSSR count). The van der Waals surface area contributed by atoms with Crippen molar-refractivity contribution in [3.05, 3.63) is 29.8 Å². The fourth-order valence-electron chi connectivity index (χ4n) is 3.07. The van der Waals surface area contributed by atoms with Crippen LogP contribution in [0.25, 0.3) is 0 Å². The molecule has 1 aliphatic carbocycles. The predicted molar refractivity (Wildman–Crippen MR) is 70.3 cm³/mol. The minimum Gasteiger partial charge on any atom is -0.406 e. The standard InChI is InChI=1S/C15H14F5NO2/c16-14(17)9-13(14)4-6-21(7-5-13)12(22)10-2-1-3-11(8-10)23-15(18,19)20/h1-3,8H,4-7,9H2. The first-order valence-corrected chi connectivity index (χ1v) is 7.15. The van der Waals surface area contributed by atoms with Gasteiger partial charge in [-0.2, -0.15) is 0 Å². The summed E-state index contributed by atoms with van der Waals surface area (Å²) in [6.07, 6.45) is -4.55. The van der Waals surface area contributed by atoms with Crippen LogP contribution in [0.3, 0.4) is 0 Å². The Bertz CT molecular complexity index is 621. The van der Waals surface area contributed by atoms with Gasteiger partial charge in [0.1, 0.15) is 5.75 Å². The lowest BCUT2D eigenvalue weighted by Gasteiger charge is -2.32. The summed E-state index contributed by atoms with van der Waals surface area (Å²) in [6, 6.07) is 4.77. The lowest BCUT2D eigenvalue weighted by atomic mass is 9.92. The van der Waals surface area contributed by atoms with Crippen molar-refractivity contribution in [1.29, 1.82) is 0 Å². The third-order valence-electron chi connectivity index (χ3n) is 4.53. The maximum absolute atomic E-state index is 13.3. The Morgan fingerprint density at radius 1 is 1.17 bits per heavy atom. The molecule has 0 bridgehead atoms. The second-order valence-electron chi connectivity index (χ2n) is 6.03. The van der Waals surface area contributed by atoms with Crippen LogP contribution in [0.5, 0.6) is 5.75 Å². The Morgan fingerprint density at radius 3 is 2.30 bits per heavy atom. The van der Waals surface area contributed by atoms with Gasteiger partial charge in [0.2, 0.25) is 0 Å². The van der Waals surface area contributed by atoms with Crippen LogP contribution >= 0.6 is 0 Å². The van der Waals surface area contributed by atoms with Crippen LogP contribution in [0, 0.1) is 5.41 Å². The van der Waals surface area contributed by atoms with Crippen LogP contribution in [0.2, 0.25) is 0 Å². The van der Waals surface area contributed by atoms with E-state index in [1.807, 2.05) is 0 Å². The SMILES string of the molecule is O=C(c1cccc(OC(F)(F)F)c1)N1CCC2(CC1)CC2(F)F. The topological polar surface area (TPSA) is 29.5 Å². The molecule has 3 nitrogen and oxygen atoms in total. The minimum absolute atomic E-state index is 0.0465. The second kappa shape index (κ2) is 5.07. The normalized spacial score (nSPS) is 22.0. The van der Waals surface area contributed by atoms with Crippen molar-refractivity contribution >= 4 is 5.91 Å². The van der Waals surface area contributed by atoms with E-state index in [9.17, 15) is 26.7 Å².